The van der Waals surface area contributed by atoms with E-state index in [-0.39, 0.29) is 22.5 Å². The number of hydrogen-bond donors (Lipinski definition) is 1. The normalized spacial score (nSPS) is 18.3. The first-order valence-electron chi connectivity index (χ1n) is 9.16. The first kappa shape index (κ1) is 18.9. The summed E-state index contributed by atoms with van der Waals surface area (Å²) in [6.45, 7) is 0. The van der Waals surface area contributed by atoms with Gasteiger partial charge >= 0.3 is 0 Å². The maximum Gasteiger partial charge on any atom is 0.284 e. The van der Waals surface area contributed by atoms with E-state index in [4.69, 9.17) is 0 Å². The standard InChI is InChI=1S/C20H15N5O3S2/c26-19-15-10-21-23-18(15)24-17(12-4-2-1-3-5-12)16(11-29-20(24)22-19)30-14-8-6-13(7-9-14)25(27)28/h1-10,16-17H,11H2,(H,21,23)/t16-,17+/m1/s1. The monoisotopic (exact) mass is 437 g/mol. The summed E-state index contributed by atoms with van der Waals surface area (Å²) in [7, 11) is 0. The van der Waals surface area contributed by atoms with Crippen LogP contribution in [0.15, 0.2) is 75.6 Å². The van der Waals surface area contributed by atoms with Gasteiger partial charge in [-0.1, -0.05) is 42.1 Å². The van der Waals surface area contributed by atoms with E-state index in [0.717, 1.165) is 16.2 Å². The number of nitro groups is 1. The highest BCUT2D eigenvalue weighted by molar-refractivity contribution is 8.03. The van der Waals surface area contributed by atoms with Gasteiger partial charge in [0.25, 0.3) is 11.2 Å². The maximum absolute atomic E-state index is 12.4. The van der Waals surface area contributed by atoms with Crippen molar-refractivity contribution in [3.63, 3.8) is 0 Å². The fourth-order valence-electron chi connectivity index (χ4n) is 3.62. The Labute approximate surface area is 178 Å². The molecule has 3 heterocycles. The summed E-state index contributed by atoms with van der Waals surface area (Å²) in [6, 6.07) is 16.6. The van der Waals surface area contributed by atoms with E-state index in [2.05, 4.69) is 31.9 Å². The summed E-state index contributed by atoms with van der Waals surface area (Å²) in [5.74, 6) is 0.743. The number of aromatic amines is 1. The van der Waals surface area contributed by atoms with Gasteiger partial charge in [-0.25, -0.2) is 0 Å². The number of benzene rings is 2. The number of non-ortho nitro benzene ring substituents is 1. The minimum absolute atomic E-state index is 0.0723. The summed E-state index contributed by atoms with van der Waals surface area (Å²) in [4.78, 5) is 28.1. The maximum atomic E-state index is 12.4. The van der Waals surface area contributed by atoms with E-state index in [0.29, 0.717) is 16.2 Å². The first-order chi connectivity index (χ1) is 14.6. The molecule has 0 unspecified atom stereocenters. The Bertz CT molecular complexity index is 1290. The second kappa shape index (κ2) is 7.62. The van der Waals surface area contributed by atoms with Crippen LogP contribution in [0.25, 0.3) is 11.0 Å². The van der Waals surface area contributed by atoms with Crippen LogP contribution in [0.5, 0.6) is 0 Å². The number of rotatable bonds is 4. The van der Waals surface area contributed by atoms with Gasteiger partial charge in [0, 0.05) is 28.0 Å². The van der Waals surface area contributed by atoms with Crippen molar-refractivity contribution < 1.29 is 4.92 Å². The third-order valence-corrected chi connectivity index (χ3v) is 7.53. The molecule has 0 saturated carbocycles. The predicted octanol–water partition coefficient (Wildman–Crippen LogP) is 3.88. The molecule has 10 heteroatoms. The molecule has 0 fully saturated rings. The number of aromatic nitrogens is 4. The molecule has 0 saturated heterocycles. The molecular formula is C20H15N5O3S2. The second-order valence-corrected chi connectivity index (χ2v) is 9.08. The minimum Gasteiger partial charge on any atom is -0.296 e. The van der Waals surface area contributed by atoms with Crippen molar-refractivity contribution in [3.05, 3.63) is 86.8 Å². The van der Waals surface area contributed by atoms with Crippen molar-refractivity contribution in [1.29, 1.82) is 0 Å². The SMILES string of the molecule is O=c1nc2n(c3[nH]ncc13)[C@@H](c1ccccc1)[C@H](Sc1ccc([N+](=O)[O-])cc1)CS2. The minimum atomic E-state index is -0.398. The molecule has 0 spiro atoms. The zero-order valence-electron chi connectivity index (χ0n) is 15.5. The molecule has 30 heavy (non-hydrogen) atoms. The van der Waals surface area contributed by atoms with Crippen LogP contribution in [-0.2, 0) is 0 Å². The van der Waals surface area contributed by atoms with Crippen LogP contribution in [0.3, 0.4) is 0 Å². The van der Waals surface area contributed by atoms with Gasteiger partial charge in [0.05, 0.1) is 17.2 Å². The third kappa shape index (κ3) is 3.27. The zero-order chi connectivity index (χ0) is 20.7. The van der Waals surface area contributed by atoms with Crippen molar-refractivity contribution in [3.8, 4) is 0 Å². The molecule has 1 N–H and O–H groups in total. The molecule has 1 aliphatic heterocycles. The zero-order valence-corrected chi connectivity index (χ0v) is 17.1. The van der Waals surface area contributed by atoms with E-state index in [9.17, 15) is 14.9 Å². The van der Waals surface area contributed by atoms with E-state index in [1.165, 1.54) is 30.1 Å². The van der Waals surface area contributed by atoms with Crippen LogP contribution in [0.4, 0.5) is 5.69 Å². The lowest BCUT2D eigenvalue weighted by Gasteiger charge is -2.34. The van der Waals surface area contributed by atoms with Gasteiger partial charge < -0.3 is 0 Å². The second-order valence-electron chi connectivity index (χ2n) is 6.78. The highest BCUT2D eigenvalue weighted by Crippen LogP contribution is 2.43. The average Bonchev–Trinajstić information content (AvgIpc) is 3.26. The number of nitrogens with zero attached hydrogens (tertiary/aromatic N) is 4. The van der Waals surface area contributed by atoms with Gasteiger partial charge in [0.2, 0.25) is 0 Å². The van der Waals surface area contributed by atoms with Crippen LogP contribution >= 0.6 is 23.5 Å². The van der Waals surface area contributed by atoms with Crippen molar-refractivity contribution in [2.45, 2.75) is 21.3 Å². The molecular weight excluding hydrogens is 422 g/mol. The Hall–Kier alpha value is -3.11. The number of hydrogen-bond acceptors (Lipinski definition) is 7. The summed E-state index contributed by atoms with van der Waals surface area (Å²) in [5.41, 5.74) is 1.54. The van der Waals surface area contributed by atoms with Crippen LogP contribution in [-0.4, -0.2) is 35.7 Å². The Morgan fingerprint density at radius 1 is 1.17 bits per heavy atom. The van der Waals surface area contributed by atoms with Gasteiger partial charge in [0.15, 0.2) is 5.16 Å². The van der Waals surface area contributed by atoms with E-state index in [1.54, 1.807) is 23.9 Å². The summed E-state index contributed by atoms with van der Waals surface area (Å²) >= 11 is 3.19. The molecule has 2 aromatic carbocycles. The number of fused-ring (bicyclic) bond motifs is 3. The lowest BCUT2D eigenvalue weighted by molar-refractivity contribution is -0.384. The van der Waals surface area contributed by atoms with E-state index < -0.39 is 4.92 Å². The fourth-order valence-corrected chi connectivity index (χ4v) is 6.14. The molecule has 1 aliphatic rings. The number of H-pyrrole nitrogens is 1. The molecule has 0 radical (unpaired) electrons. The highest BCUT2D eigenvalue weighted by atomic mass is 32.2. The lowest BCUT2D eigenvalue weighted by Crippen LogP contribution is -2.33. The van der Waals surface area contributed by atoms with E-state index >= 15 is 0 Å². The molecule has 2 aromatic heterocycles. The average molecular weight is 438 g/mol. The summed E-state index contributed by atoms with van der Waals surface area (Å²) < 4.78 is 2.05. The van der Waals surface area contributed by atoms with Gasteiger partial charge in [-0.3, -0.25) is 24.6 Å². The van der Waals surface area contributed by atoms with Gasteiger partial charge in [-0.2, -0.15) is 10.1 Å². The first-order valence-corrected chi connectivity index (χ1v) is 11.0. The lowest BCUT2D eigenvalue weighted by atomic mass is 10.0. The van der Waals surface area contributed by atoms with Crippen LogP contribution in [0.1, 0.15) is 11.6 Å². The van der Waals surface area contributed by atoms with Crippen LogP contribution < -0.4 is 5.56 Å². The molecule has 150 valence electrons. The third-order valence-electron chi connectivity index (χ3n) is 4.98. The molecule has 8 nitrogen and oxygen atoms in total. The van der Waals surface area contributed by atoms with Crippen molar-refractivity contribution in [2.75, 3.05) is 5.75 Å². The number of nitrogens with one attached hydrogen (secondary N) is 1. The predicted molar refractivity (Wildman–Crippen MR) is 116 cm³/mol. The molecule has 4 aromatic rings. The molecule has 0 amide bonds. The largest absolute Gasteiger partial charge is 0.296 e. The fraction of sp³-hybridized carbons (Fsp3) is 0.150. The molecule has 0 aliphatic carbocycles. The molecule has 0 bridgehead atoms. The Balaban J connectivity index is 1.61. The topological polar surface area (TPSA) is 107 Å². The number of nitro benzene ring substituents is 1. The summed E-state index contributed by atoms with van der Waals surface area (Å²) in [6.07, 6.45) is 1.51. The smallest absolute Gasteiger partial charge is 0.284 e. The highest BCUT2D eigenvalue weighted by Gasteiger charge is 2.34. The molecule has 2 atom stereocenters. The van der Waals surface area contributed by atoms with Crippen molar-refractivity contribution >= 4 is 40.2 Å². The number of thioether (sulfide) groups is 2. The van der Waals surface area contributed by atoms with E-state index in [1.807, 2.05) is 18.2 Å². The Morgan fingerprint density at radius 2 is 1.93 bits per heavy atom. The van der Waals surface area contributed by atoms with Crippen molar-refractivity contribution in [2.24, 2.45) is 0 Å². The van der Waals surface area contributed by atoms with Crippen molar-refractivity contribution in [1.82, 2.24) is 19.7 Å². The molecule has 5 rings (SSSR count). The van der Waals surface area contributed by atoms with Crippen LogP contribution in [0, 0.1) is 10.1 Å². The summed E-state index contributed by atoms with van der Waals surface area (Å²) in [5, 5.41) is 19.2. The van der Waals surface area contributed by atoms with Crippen LogP contribution in [0.2, 0.25) is 0 Å². The van der Waals surface area contributed by atoms with Gasteiger partial charge in [-0.05, 0) is 17.7 Å². The van der Waals surface area contributed by atoms with Gasteiger partial charge in [-0.15, -0.1) is 11.8 Å². The Kier molecular flexibility index (Phi) is 4.80. The quantitative estimate of drug-likeness (QED) is 0.293. The Morgan fingerprint density at radius 3 is 2.67 bits per heavy atom. The van der Waals surface area contributed by atoms with Gasteiger partial charge in [0.1, 0.15) is 11.0 Å².